The van der Waals surface area contributed by atoms with E-state index in [9.17, 15) is 0 Å². The lowest BCUT2D eigenvalue weighted by Crippen LogP contribution is -1.92. The Labute approximate surface area is 115 Å². The molecule has 2 heteroatoms. The van der Waals surface area contributed by atoms with E-state index in [0.717, 1.165) is 30.8 Å². The molecule has 0 bridgehead atoms. The van der Waals surface area contributed by atoms with Crippen LogP contribution in [0.5, 0.6) is 11.5 Å². The summed E-state index contributed by atoms with van der Waals surface area (Å²) in [4.78, 5) is 0. The molecular weight excluding hydrogens is 236 g/mol. The molecule has 0 unspecified atom stereocenters. The first-order valence-corrected chi connectivity index (χ1v) is 6.82. The highest BCUT2D eigenvalue weighted by molar-refractivity contribution is 5.44. The maximum atomic E-state index is 5.39. The number of benzene rings is 1. The van der Waals surface area contributed by atoms with Gasteiger partial charge in [0.1, 0.15) is 0 Å². The Balaban J connectivity index is 1.89. The van der Waals surface area contributed by atoms with E-state index in [4.69, 9.17) is 9.47 Å². The molecule has 0 radical (unpaired) electrons. The van der Waals surface area contributed by atoms with Crippen LogP contribution < -0.4 is 9.47 Å². The van der Waals surface area contributed by atoms with Gasteiger partial charge in [0.05, 0.1) is 0 Å². The highest BCUT2D eigenvalue weighted by Crippen LogP contribution is 2.32. The average Bonchev–Trinajstić information content (AvgIpc) is 2.83. The van der Waals surface area contributed by atoms with Crippen LogP contribution in [0.15, 0.2) is 41.5 Å². The Hall–Kier alpha value is -1.70. The van der Waals surface area contributed by atoms with Crippen molar-refractivity contribution in [3.63, 3.8) is 0 Å². The maximum absolute atomic E-state index is 5.39. The van der Waals surface area contributed by atoms with Gasteiger partial charge in [-0.3, -0.25) is 0 Å². The number of rotatable bonds is 5. The monoisotopic (exact) mass is 258 g/mol. The number of hydrogen-bond acceptors (Lipinski definition) is 2. The molecule has 0 spiro atoms. The lowest BCUT2D eigenvalue weighted by Gasteiger charge is -2.02. The maximum Gasteiger partial charge on any atom is 0.231 e. The fourth-order valence-electron chi connectivity index (χ4n) is 2.05. The Morgan fingerprint density at radius 3 is 2.68 bits per heavy atom. The quantitative estimate of drug-likeness (QED) is 0.716. The molecule has 102 valence electrons. The van der Waals surface area contributed by atoms with Gasteiger partial charge in [0.15, 0.2) is 11.5 Å². The molecule has 0 N–H and O–H groups in total. The third-order valence-corrected chi connectivity index (χ3v) is 3.21. The van der Waals surface area contributed by atoms with Crippen molar-refractivity contribution in [3.8, 4) is 11.5 Å². The molecule has 2 nitrogen and oxygen atoms in total. The molecule has 1 aromatic carbocycles. The van der Waals surface area contributed by atoms with E-state index in [2.05, 4.69) is 45.1 Å². The molecular formula is C17H22O2. The zero-order valence-corrected chi connectivity index (χ0v) is 12.0. The van der Waals surface area contributed by atoms with Gasteiger partial charge >= 0.3 is 0 Å². The zero-order chi connectivity index (χ0) is 13.7. The SMILES string of the molecule is CC(C)=CCC/C(C)=C/Cc1ccc2c(c1)OCO2. The van der Waals surface area contributed by atoms with Gasteiger partial charge in [0.25, 0.3) is 0 Å². The molecule has 0 saturated carbocycles. The molecule has 0 aliphatic carbocycles. The number of ether oxygens (including phenoxy) is 2. The van der Waals surface area contributed by atoms with Crippen molar-refractivity contribution in [2.75, 3.05) is 6.79 Å². The second-order valence-corrected chi connectivity index (χ2v) is 5.26. The van der Waals surface area contributed by atoms with Crippen LogP contribution in [0.3, 0.4) is 0 Å². The predicted molar refractivity (Wildman–Crippen MR) is 78.7 cm³/mol. The van der Waals surface area contributed by atoms with Crippen LogP contribution in [-0.2, 0) is 6.42 Å². The summed E-state index contributed by atoms with van der Waals surface area (Å²) < 4.78 is 10.7. The van der Waals surface area contributed by atoms with Gasteiger partial charge in [-0.25, -0.2) is 0 Å². The van der Waals surface area contributed by atoms with Crippen molar-refractivity contribution < 1.29 is 9.47 Å². The molecule has 19 heavy (non-hydrogen) atoms. The normalized spacial score (nSPS) is 13.5. The van der Waals surface area contributed by atoms with Crippen LogP contribution in [0, 0.1) is 0 Å². The van der Waals surface area contributed by atoms with E-state index in [1.165, 1.54) is 16.7 Å². The number of allylic oxidation sites excluding steroid dienone is 4. The highest BCUT2D eigenvalue weighted by Gasteiger charge is 2.12. The van der Waals surface area contributed by atoms with Crippen LogP contribution in [0.25, 0.3) is 0 Å². The third kappa shape index (κ3) is 4.16. The second kappa shape index (κ2) is 6.46. The summed E-state index contributed by atoms with van der Waals surface area (Å²) >= 11 is 0. The smallest absolute Gasteiger partial charge is 0.231 e. The van der Waals surface area contributed by atoms with Gasteiger partial charge in [-0.05, 0) is 57.7 Å². The van der Waals surface area contributed by atoms with E-state index >= 15 is 0 Å². The Bertz CT molecular complexity index is 494. The molecule has 1 aliphatic rings. The van der Waals surface area contributed by atoms with Crippen LogP contribution in [-0.4, -0.2) is 6.79 Å². The summed E-state index contributed by atoms with van der Waals surface area (Å²) in [5.74, 6) is 1.72. The first kappa shape index (κ1) is 13.7. The predicted octanol–water partition coefficient (Wildman–Crippen LogP) is 4.65. The molecule has 2 rings (SSSR count). The first-order valence-electron chi connectivity index (χ1n) is 6.82. The molecule has 1 aromatic rings. The third-order valence-electron chi connectivity index (χ3n) is 3.21. The minimum absolute atomic E-state index is 0.344. The second-order valence-electron chi connectivity index (χ2n) is 5.26. The fraction of sp³-hybridized carbons (Fsp3) is 0.412. The Morgan fingerprint density at radius 1 is 1.11 bits per heavy atom. The summed E-state index contributed by atoms with van der Waals surface area (Å²) in [7, 11) is 0. The molecule has 0 aromatic heterocycles. The molecule has 0 fully saturated rings. The van der Waals surface area contributed by atoms with Gasteiger partial charge in [0.2, 0.25) is 6.79 Å². The molecule has 1 aliphatic heterocycles. The van der Waals surface area contributed by atoms with E-state index < -0.39 is 0 Å². The largest absolute Gasteiger partial charge is 0.454 e. The van der Waals surface area contributed by atoms with Gasteiger partial charge in [-0.2, -0.15) is 0 Å². The summed E-state index contributed by atoms with van der Waals surface area (Å²) in [6.07, 6.45) is 7.81. The standard InChI is InChI=1S/C17H22O2/c1-13(2)5-4-6-14(3)7-8-15-9-10-16-17(11-15)19-12-18-16/h5,7,9-11H,4,6,8,12H2,1-3H3/b14-7+. The van der Waals surface area contributed by atoms with Gasteiger partial charge in [-0.15, -0.1) is 0 Å². The van der Waals surface area contributed by atoms with Crippen molar-refractivity contribution in [1.29, 1.82) is 0 Å². The lowest BCUT2D eigenvalue weighted by molar-refractivity contribution is 0.174. The average molecular weight is 258 g/mol. The molecule has 1 heterocycles. The summed E-state index contributed by atoms with van der Waals surface area (Å²) in [6, 6.07) is 6.17. The van der Waals surface area contributed by atoms with Crippen molar-refractivity contribution in [1.82, 2.24) is 0 Å². The van der Waals surface area contributed by atoms with Gasteiger partial charge < -0.3 is 9.47 Å². The Morgan fingerprint density at radius 2 is 1.89 bits per heavy atom. The summed E-state index contributed by atoms with van der Waals surface area (Å²) in [5, 5.41) is 0. The summed E-state index contributed by atoms with van der Waals surface area (Å²) in [5.41, 5.74) is 4.10. The molecule has 0 amide bonds. The van der Waals surface area contributed by atoms with Crippen molar-refractivity contribution in [2.24, 2.45) is 0 Å². The van der Waals surface area contributed by atoms with Gasteiger partial charge in [-0.1, -0.05) is 29.4 Å². The molecule has 0 saturated heterocycles. The van der Waals surface area contributed by atoms with Crippen LogP contribution in [0.1, 0.15) is 39.2 Å². The number of hydrogen-bond donors (Lipinski definition) is 0. The van der Waals surface area contributed by atoms with E-state index in [-0.39, 0.29) is 0 Å². The fourth-order valence-corrected chi connectivity index (χ4v) is 2.05. The lowest BCUT2D eigenvalue weighted by atomic mass is 10.1. The topological polar surface area (TPSA) is 18.5 Å². The number of fused-ring (bicyclic) bond motifs is 1. The minimum atomic E-state index is 0.344. The van der Waals surface area contributed by atoms with Gasteiger partial charge in [0, 0.05) is 0 Å². The van der Waals surface area contributed by atoms with E-state index in [1.807, 2.05) is 6.07 Å². The van der Waals surface area contributed by atoms with Crippen LogP contribution in [0.4, 0.5) is 0 Å². The highest BCUT2D eigenvalue weighted by atomic mass is 16.7. The van der Waals surface area contributed by atoms with Crippen molar-refractivity contribution >= 4 is 0 Å². The van der Waals surface area contributed by atoms with Crippen LogP contribution >= 0.6 is 0 Å². The Kier molecular flexibility index (Phi) is 4.67. The van der Waals surface area contributed by atoms with E-state index in [0.29, 0.717) is 6.79 Å². The van der Waals surface area contributed by atoms with Crippen LogP contribution in [0.2, 0.25) is 0 Å². The zero-order valence-electron chi connectivity index (χ0n) is 12.0. The summed E-state index contributed by atoms with van der Waals surface area (Å²) in [6.45, 7) is 6.83. The molecule has 0 atom stereocenters. The van der Waals surface area contributed by atoms with Crippen molar-refractivity contribution in [2.45, 2.75) is 40.0 Å². The first-order chi connectivity index (χ1) is 9.15. The minimum Gasteiger partial charge on any atom is -0.454 e. The van der Waals surface area contributed by atoms with Crippen molar-refractivity contribution in [3.05, 3.63) is 47.1 Å². The van der Waals surface area contributed by atoms with E-state index in [1.54, 1.807) is 0 Å².